The molecule has 4 nitrogen and oxygen atoms in total. The van der Waals surface area contributed by atoms with Crippen LogP contribution in [0.5, 0.6) is 23.0 Å². The van der Waals surface area contributed by atoms with Crippen LogP contribution in [0.2, 0.25) is 0 Å². The van der Waals surface area contributed by atoms with E-state index in [0.717, 1.165) is 168 Å². The Labute approximate surface area is 658 Å². The van der Waals surface area contributed by atoms with Crippen LogP contribution in [0.4, 0.5) is 42.9 Å². The first-order valence-electron chi connectivity index (χ1n) is 38.6. The highest BCUT2D eigenvalue weighted by Crippen LogP contribution is 2.66. The molecule has 0 saturated carbocycles. The zero-order chi connectivity index (χ0) is 76.4. The van der Waals surface area contributed by atoms with Crippen LogP contribution >= 0.6 is 0 Å². The minimum absolute atomic E-state index is 0.348. The van der Waals surface area contributed by atoms with Crippen LogP contribution in [0.15, 0.2) is 365 Å². The van der Waals surface area contributed by atoms with E-state index in [0.29, 0.717) is 11.4 Å². The predicted octanol–water partition coefficient (Wildman–Crippen LogP) is 28.1. The molecule has 4 aliphatic rings. The fourth-order valence-electron chi connectivity index (χ4n) is 19.3. The minimum Gasteiger partial charge on any atom is -0.457 e. The van der Waals surface area contributed by atoms with E-state index in [9.17, 15) is 0 Å². The normalized spacial score (nSPS) is 16.1. The van der Waals surface area contributed by atoms with Crippen LogP contribution in [0.1, 0.15) is 100 Å². The van der Waals surface area contributed by atoms with Crippen LogP contribution < -0.4 is 19.3 Å². The van der Waals surface area contributed by atoms with Gasteiger partial charge in [-0.1, -0.05) is 255 Å². The van der Waals surface area contributed by atoms with Gasteiger partial charge in [-0.15, -0.1) is 0 Å². The van der Waals surface area contributed by atoms with E-state index in [1.807, 2.05) is 72.8 Å². The average molecular weight is 1460 g/mol. The Morgan fingerprint density at radius 2 is 0.531 bits per heavy atom. The van der Waals surface area contributed by atoms with Crippen LogP contribution in [-0.4, -0.2) is 0 Å². The second-order valence-corrected chi connectivity index (χ2v) is 30.4. The number of nitrogens with zero attached hydrogens (tertiary/aromatic N) is 2. The standard InChI is InChI=1S/C107H76F2N2O2/c1-7-71-35-47-83(48-36-71)112-85-51-39-73(40-52-85)105(99-59-67(3)31-33-69(99)5)95-27-13-9-23-87(95)91-55-43-79(63-101(91)105)110(77-21-17-19-75(108)61-77)81-45-57-93-89-25-11-15-29-97(89)107(103(93)65-81)98-30-16-12-26-90(98)94-58-46-82(66-104(94)107)111(78-22-18-20-76(109)62-78)80-44-56-92-88-24-10-14-28-96(88)106(102(92)64-80,100-60-68(4)32-34-70(100)6)74-41-53-86(54-42-74)113-84-49-37-72(8-2)38-50-84/h7-66H,1-2H2,3-6H3. The molecule has 113 heavy (non-hydrogen) atoms. The molecule has 0 saturated heterocycles. The van der Waals surface area contributed by atoms with Crippen molar-refractivity contribution >= 4 is 46.3 Å². The predicted molar refractivity (Wildman–Crippen MR) is 459 cm³/mol. The summed E-state index contributed by atoms with van der Waals surface area (Å²) in [5.41, 5.74) is 31.4. The second-order valence-electron chi connectivity index (χ2n) is 30.4. The summed E-state index contributed by atoms with van der Waals surface area (Å²) >= 11 is 0. The fraction of sp³-hybridized carbons (Fsp3) is 0.0654. The van der Waals surface area contributed by atoms with Crippen LogP contribution in [0.25, 0.3) is 56.7 Å². The summed E-state index contributed by atoms with van der Waals surface area (Å²) in [6.45, 7) is 16.7. The van der Waals surface area contributed by atoms with E-state index in [-0.39, 0.29) is 11.6 Å². The van der Waals surface area contributed by atoms with Gasteiger partial charge in [0.25, 0.3) is 0 Å². The Bertz CT molecular complexity index is 6180. The lowest BCUT2D eigenvalue weighted by molar-refractivity contribution is 0.482. The summed E-state index contributed by atoms with van der Waals surface area (Å²) in [6.07, 6.45) is 3.66. The van der Waals surface area contributed by atoms with Gasteiger partial charge < -0.3 is 19.3 Å². The van der Waals surface area contributed by atoms with Crippen LogP contribution in [-0.2, 0) is 16.2 Å². The maximum Gasteiger partial charge on any atom is 0.127 e. The third-order valence-electron chi connectivity index (χ3n) is 24.2. The molecule has 0 N–H and O–H groups in total. The number of anilines is 6. The fourth-order valence-corrected chi connectivity index (χ4v) is 19.3. The van der Waals surface area contributed by atoms with E-state index in [2.05, 4.69) is 305 Å². The largest absolute Gasteiger partial charge is 0.457 e. The third kappa shape index (κ3) is 10.6. The van der Waals surface area contributed by atoms with Crippen LogP contribution in [0, 0.1) is 39.3 Å². The number of benzene rings is 16. The maximum absolute atomic E-state index is 16.5. The highest BCUT2D eigenvalue weighted by atomic mass is 19.1. The highest BCUT2D eigenvalue weighted by molar-refractivity contribution is 5.99. The van der Waals surface area contributed by atoms with Gasteiger partial charge in [0.05, 0.1) is 16.2 Å². The Kier molecular flexibility index (Phi) is 16.1. The van der Waals surface area contributed by atoms with Gasteiger partial charge in [0.2, 0.25) is 0 Å². The molecule has 0 aromatic heterocycles. The van der Waals surface area contributed by atoms with Gasteiger partial charge in [-0.2, -0.15) is 0 Å². The topological polar surface area (TPSA) is 24.9 Å². The zero-order valence-electron chi connectivity index (χ0n) is 63.0. The third-order valence-corrected chi connectivity index (χ3v) is 24.2. The molecule has 0 fully saturated rings. The molecular weight excluding hydrogens is 1380 g/mol. The summed E-state index contributed by atoms with van der Waals surface area (Å²) in [7, 11) is 0. The van der Waals surface area contributed by atoms with Gasteiger partial charge >= 0.3 is 0 Å². The molecule has 0 aliphatic heterocycles. The smallest absolute Gasteiger partial charge is 0.127 e. The van der Waals surface area contributed by atoms with Crippen molar-refractivity contribution in [3.05, 3.63) is 477 Å². The molecule has 16 aromatic carbocycles. The molecule has 2 unspecified atom stereocenters. The minimum atomic E-state index is -0.893. The number of halogens is 2. The van der Waals surface area contributed by atoms with Crippen molar-refractivity contribution in [1.29, 1.82) is 0 Å². The Hall–Kier alpha value is -13.9. The van der Waals surface area contributed by atoms with Crippen molar-refractivity contribution in [2.75, 3.05) is 9.80 Å². The number of ether oxygens (including phenoxy) is 2. The molecule has 0 bridgehead atoms. The lowest BCUT2D eigenvalue weighted by Crippen LogP contribution is -2.30. The maximum atomic E-state index is 16.5. The molecule has 4 aliphatic carbocycles. The first-order chi connectivity index (χ1) is 55.3. The van der Waals surface area contributed by atoms with Crippen molar-refractivity contribution < 1.29 is 18.3 Å². The van der Waals surface area contributed by atoms with E-state index in [1.165, 1.54) is 34.4 Å². The monoisotopic (exact) mass is 1460 g/mol. The number of aryl methyl sites for hydroxylation is 4. The summed E-state index contributed by atoms with van der Waals surface area (Å²) < 4.78 is 46.1. The molecule has 16 aromatic rings. The first kappa shape index (κ1) is 68.3. The SMILES string of the molecule is C=Cc1ccc(Oc2ccc(C3(c4cc(C)ccc4C)c4ccccc4-c4ccc(N(c5cccc(F)c5)c5ccc6c(c5)C5(c7ccccc7-6)c6ccccc6-c6ccc(N(c7cccc(F)c7)c7ccc8c(c7)C(c7ccc(Oc9ccc(C=C)cc9)cc7)(c7cc(C)ccc7C)c7ccccc7-8)cc65)cc43)cc2)cc1. The molecular formula is C107H76F2N2O2. The number of rotatable bonds is 16. The Balaban J connectivity index is 0.772. The zero-order valence-corrected chi connectivity index (χ0v) is 63.0. The van der Waals surface area contributed by atoms with Gasteiger partial charge in [-0.05, 0) is 295 Å². The lowest BCUT2D eigenvalue weighted by Gasteiger charge is -2.36. The summed E-state index contributed by atoms with van der Waals surface area (Å²) in [5.74, 6) is 2.21. The Morgan fingerprint density at radius 1 is 0.248 bits per heavy atom. The van der Waals surface area contributed by atoms with Gasteiger partial charge in [0, 0.05) is 34.1 Å². The second kappa shape index (κ2) is 26.7. The number of hydrogen-bond donors (Lipinski definition) is 0. The number of fused-ring (bicyclic) bond motifs is 16. The van der Waals surface area contributed by atoms with Crippen molar-refractivity contribution in [2.45, 2.75) is 43.9 Å². The summed E-state index contributed by atoms with van der Waals surface area (Å²) in [4.78, 5) is 4.48. The first-order valence-corrected chi connectivity index (χ1v) is 38.6. The molecule has 0 amide bonds. The molecule has 6 heteroatoms. The van der Waals surface area contributed by atoms with Crippen LogP contribution in [0.3, 0.4) is 0 Å². The van der Waals surface area contributed by atoms with Gasteiger partial charge in [0.15, 0.2) is 0 Å². The van der Waals surface area contributed by atoms with E-state index < -0.39 is 16.2 Å². The Morgan fingerprint density at radius 3 is 0.850 bits per heavy atom. The van der Waals surface area contributed by atoms with Crippen molar-refractivity contribution in [3.63, 3.8) is 0 Å². The van der Waals surface area contributed by atoms with Crippen molar-refractivity contribution in [1.82, 2.24) is 0 Å². The van der Waals surface area contributed by atoms with E-state index in [1.54, 1.807) is 24.3 Å². The molecule has 540 valence electrons. The summed E-state index contributed by atoms with van der Waals surface area (Å²) in [5, 5.41) is 0. The molecule has 20 rings (SSSR count). The summed E-state index contributed by atoms with van der Waals surface area (Å²) in [6, 6.07) is 124. The lowest BCUT2D eigenvalue weighted by atomic mass is 9.66. The molecule has 1 spiro atoms. The van der Waals surface area contributed by atoms with Crippen molar-refractivity contribution in [2.24, 2.45) is 0 Å². The van der Waals surface area contributed by atoms with Gasteiger partial charge in [0.1, 0.15) is 34.6 Å². The number of hydrogen-bond acceptors (Lipinski definition) is 4. The molecule has 2 atom stereocenters. The van der Waals surface area contributed by atoms with Gasteiger partial charge in [-0.25, -0.2) is 8.78 Å². The van der Waals surface area contributed by atoms with Gasteiger partial charge in [-0.3, -0.25) is 0 Å². The molecule has 0 heterocycles. The van der Waals surface area contributed by atoms with E-state index in [4.69, 9.17) is 9.47 Å². The highest BCUT2D eigenvalue weighted by Gasteiger charge is 2.54. The average Bonchev–Trinajstić information content (AvgIpc) is 1.52. The van der Waals surface area contributed by atoms with E-state index >= 15 is 8.78 Å². The molecule has 0 radical (unpaired) electrons. The van der Waals surface area contributed by atoms with Crippen molar-refractivity contribution in [3.8, 4) is 67.5 Å². The quantitative estimate of drug-likeness (QED) is 0.0963.